The van der Waals surface area contributed by atoms with Gasteiger partial charge in [0.05, 0.1) is 11.5 Å². The maximum atomic E-state index is 12.9. The Bertz CT molecular complexity index is 1370. The highest BCUT2D eigenvalue weighted by molar-refractivity contribution is 8.18. The number of rotatable bonds is 9. The molecule has 0 atom stereocenters. The second-order valence-electron chi connectivity index (χ2n) is 8.24. The first-order valence-corrected chi connectivity index (χ1v) is 12.8. The van der Waals surface area contributed by atoms with Crippen molar-refractivity contribution in [2.45, 2.75) is 20.5 Å². The Morgan fingerprint density at radius 2 is 1.84 bits per heavy atom. The number of halogens is 1. The van der Waals surface area contributed by atoms with Gasteiger partial charge in [0.15, 0.2) is 11.5 Å². The van der Waals surface area contributed by atoms with Crippen molar-refractivity contribution in [2.75, 3.05) is 18.5 Å². The monoisotopic (exact) mass is 536 g/mol. The molecule has 0 aliphatic carbocycles. The normalized spacial score (nSPS) is 14.2. The molecule has 37 heavy (non-hydrogen) atoms. The molecule has 0 bridgehead atoms. The maximum absolute atomic E-state index is 12.9. The Hall–Kier alpha value is -3.75. The number of benzene rings is 3. The number of hydrogen-bond acceptors (Lipinski definition) is 6. The van der Waals surface area contributed by atoms with Crippen LogP contribution in [-0.2, 0) is 16.2 Å². The highest BCUT2D eigenvalue weighted by atomic mass is 35.5. The number of imide groups is 1. The number of nitrogens with one attached hydrogen (secondary N) is 1. The Morgan fingerprint density at radius 3 is 2.59 bits per heavy atom. The summed E-state index contributed by atoms with van der Waals surface area (Å²) >= 11 is 6.72. The second-order valence-corrected chi connectivity index (χ2v) is 9.67. The van der Waals surface area contributed by atoms with Gasteiger partial charge in [0, 0.05) is 10.7 Å². The zero-order chi connectivity index (χ0) is 26.4. The van der Waals surface area contributed by atoms with E-state index >= 15 is 0 Å². The van der Waals surface area contributed by atoms with Crippen LogP contribution in [0.5, 0.6) is 11.5 Å². The van der Waals surface area contributed by atoms with Crippen molar-refractivity contribution in [3.63, 3.8) is 0 Å². The first kappa shape index (κ1) is 26.3. The van der Waals surface area contributed by atoms with Crippen LogP contribution in [0.3, 0.4) is 0 Å². The summed E-state index contributed by atoms with van der Waals surface area (Å²) in [5.74, 6) is 0.0730. The molecule has 190 valence electrons. The van der Waals surface area contributed by atoms with Crippen molar-refractivity contribution in [1.29, 1.82) is 0 Å². The molecule has 7 nitrogen and oxygen atoms in total. The summed E-state index contributed by atoms with van der Waals surface area (Å²) in [4.78, 5) is 38.9. The van der Waals surface area contributed by atoms with E-state index in [9.17, 15) is 14.4 Å². The second kappa shape index (κ2) is 12.0. The van der Waals surface area contributed by atoms with E-state index < -0.39 is 23.6 Å². The van der Waals surface area contributed by atoms with Gasteiger partial charge in [-0.15, -0.1) is 0 Å². The average molecular weight is 537 g/mol. The predicted octanol–water partition coefficient (Wildman–Crippen LogP) is 6.30. The topological polar surface area (TPSA) is 84.9 Å². The lowest BCUT2D eigenvalue weighted by molar-refractivity contribution is -0.127. The van der Waals surface area contributed by atoms with Gasteiger partial charge >= 0.3 is 0 Å². The van der Waals surface area contributed by atoms with E-state index in [1.807, 2.05) is 32.0 Å². The van der Waals surface area contributed by atoms with Crippen LogP contribution in [-0.4, -0.2) is 35.1 Å². The third-order valence-corrected chi connectivity index (χ3v) is 6.47. The Balaban J connectivity index is 1.45. The lowest BCUT2D eigenvalue weighted by Crippen LogP contribution is -2.36. The predicted molar refractivity (Wildman–Crippen MR) is 146 cm³/mol. The van der Waals surface area contributed by atoms with Gasteiger partial charge in [-0.3, -0.25) is 19.3 Å². The smallest absolute Gasteiger partial charge is 0.294 e. The lowest BCUT2D eigenvalue weighted by atomic mass is 10.1. The number of thioether (sulfide) groups is 1. The number of carbonyl (C=O) groups is 3. The molecule has 0 radical (unpaired) electrons. The summed E-state index contributed by atoms with van der Waals surface area (Å²) in [5, 5.41) is 2.59. The standard InChI is InChI=1S/C28H25ClN2O5S/c1-3-35-24-13-19(10-11-23(24)36-17-20-7-4-6-18(2)12-20)14-25-27(33)31(28(34)37-25)16-26(32)30-22-9-5-8-21(29)15-22/h4-15H,3,16-17H2,1-2H3,(H,30,32)/b25-14-. The summed E-state index contributed by atoms with van der Waals surface area (Å²) in [6.45, 7) is 4.32. The van der Waals surface area contributed by atoms with Crippen LogP contribution in [0.2, 0.25) is 5.02 Å². The molecule has 3 amide bonds. The Morgan fingerprint density at radius 1 is 1.03 bits per heavy atom. The van der Waals surface area contributed by atoms with Gasteiger partial charge < -0.3 is 14.8 Å². The van der Waals surface area contributed by atoms with Gasteiger partial charge in [-0.25, -0.2) is 0 Å². The fourth-order valence-electron chi connectivity index (χ4n) is 3.66. The van der Waals surface area contributed by atoms with Crippen molar-refractivity contribution >= 4 is 52.2 Å². The number of carbonyl (C=O) groups excluding carboxylic acids is 3. The van der Waals surface area contributed by atoms with E-state index in [-0.39, 0.29) is 4.91 Å². The van der Waals surface area contributed by atoms with Gasteiger partial charge in [0.25, 0.3) is 11.1 Å². The minimum atomic E-state index is -0.533. The van der Waals surface area contributed by atoms with Crippen molar-refractivity contribution in [3.05, 3.63) is 93.3 Å². The molecule has 0 saturated carbocycles. The fraction of sp³-hybridized carbons (Fsp3) is 0.179. The number of ether oxygens (including phenoxy) is 2. The minimum Gasteiger partial charge on any atom is -0.490 e. The summed E-state index contributed by atoms with van der Waals surface area (Å²) < 4.78 is 11.7. The van der Waals surface area contributed by atoms with E-state index in [0.29, 0.717) is 41.0 Å². The fourth-order valence-corrected chi connectivity index (χ4v) is 4.69. The Kier molecular flexibility index (Phi) is 8.53. The zero-order valence-electron chi connectivity index (χ0n) is 20.3. The molecule has 1 aliphatic heterocycles. The number of amides is 3. The molecular weight excluding hydrogens is 512 g/mol. The van der Waals surface area contributed by atoms with Gasteiger partial charge in [0.2, 0.25) is 5.91 Å². The highest BCUT2D eigenvalue weighted by Crippen LogP contribution is 2.35. The van der Waals surface area contributed by atoms with E-state index in [2.05, 4.69) is 11.4 Å². The molecule has 1 fully saturated rings. The van der Waals surface area contributed by atoms with Crippen molar-refractivity contribution in [3.8, 4) is 11.5 Å². The summed E-state index contributed by atoms with van der Waals surface area (Å²) in [5.41, 5.74) is 3.34. The van der Waals surface area contributed by atoms with Crippen LogP contribution < -0.4 is 14.8 Å². The molecule has 0 aromatic heterocycles. The van der Waals surface area contributed by atoms with Crippen molar-refractivity contribution in [2.24, 2.45) is 0 Å². The molecule has 3 aromatic carbocycles. The van der Waals surface area contributed by atoms with Crippen molar-refractivity contribution < 1.29 is 23.9 Å². The third-order valence-electron chi connectivity index (χ3n) is 5.33. The van der Waals surface area contributed by atoms with Gasteiger partial charge in [0.1, 0.15) is 13.2 Å². The quantitative estimate of drug-likeness (QED) is 0.323. The SMILES string of the molecule is CCOc1cc(/C=C2\SC(=O)N(CC(=O)Nc3cccc(Cl)c3)C2=O)ccc1OCc1cccc(C)c1. The van der Waals surface area contributed by atoms with Gasteiger partial charge in [-0.2, -0.15) is 0 Å². The average Bonchev–Trinajstić information content (AvgIpc) is 3.11. The molecule has 1 heterocycles. The summed E-state index contributed by atoms with van der Waals surface area (Å²) in [7, 11) is 0. The van der Waals surface area contributed by atoms with Crippen LogP contribution >= 0.6 is 23.4 Å². The molecule has 1 saturated heterocycles. The maximum Gasteiger partial charge on any atom is 0.294 e. The van der Waals surface area contributed by atoms with Gasteiger partial charge in [-0.05, 0) is 73.1 Å². The number of aryl methyl sites for hydroxylation is 1. The lowest BCUT2D eigenvalue weighted by Gasteiger charge is -2.13. The number of hydrogen-bond donors (Lipinski definition) is 1. The van der Waals surface area contributed by atoms with E-state index in [1.165, 1.54) is 0 Å². The largest absolute Gasteiger partial charge is 0.490 e. The van der Waals surface area contributed by atoms with Crippen LogP contribution in [0.15, 0.2) is 71.6 Å². The van der Waals surface area contributed by atoms with E-state index in [0.717, 1.165) is 27.8 Å². The van der Waals surface area contributed by atoms with Crippen LogP contribution in [0.1, 0.15) is 23.6 Å². The first-order chi connectivity index (χ1) is 17.8. The third kappa shape index (κ3) is 6.93. The number of nitrogens with zero attached hydrogens (tertiary/aromatic N) is 1. The molecule has 3 aromatic rings. The number of anilines is 1. The van der Waals surface area contributed by atoms with Crippen LogP contribution in [0.25, 0.3) is 6.08 Å². The molecule has 0 spiro atoms. The molecule has 9 heteroatoms. The zero-order valence-corrected chi connectivity index (χ0v) is 21.9. The van der Waals surface area contributed by atoms with E-state index in [1.54, 1.807) is 48.5 Å². The molecule has 4 rings (SSSR count). The Labute approximate surface area is 224 Å². The highest BCUT2D eigenvalue weighted by Gasteiger charge is 2.36. The van der Waals surface area contributed by atoms with E-state index in [4.69, 9.17) is 21.1 Å². The first-order valence-electron chi connectivity index (χ1n) is 11.6. The van der Waals surface area contributed by atoms with Crippen LogP contribution in [0.4, 0.5) is 10.5 Å². The molecule has 1 aliphatic rings. The van der Waals surface area contributed by atoms with Crippen LogP contribution in [0, 0.1) is 6.92 Å². The summed E-state index contributed by atoms with van der Waals surface area (Å²) in [6.07, 6.45) is 1.60. The minimum absolute atomic E-state index is 0.219. The van der Waals surface area contributed by atoms with Crippen molar-refractivity contribution in [1.82, 2.24) is 4.90 Å². The molecule has 0 unspecified atom stereocenters. The molecular formula is C28H25ClN2O5S. The van der Waals surface area contributed by atoms with Gasteiger partial charge in [-0.1, -0.05) is 53.6 Å². The summed E-state index contributed by atoms with van der Waals surface area (Å²) in [6, 6.07) is 20.0. The molecule has 1 N–H and O–H groups in total.